The van der Waals surface area contributed by atoms with E-state index < -0.39 is 0 Å². The zero-order valence-electron chi connectivity index (χ0n) is 10.2. The lowest BCUT2D eigenvalue weighted by atomic mass is 10.1. The maximum Gasteiger partial charge on any atom is 0.258 e. The Bertz CT molecular complexity index is 508. The number of methoxy groups -OCH3 is 1. The number of hydrogen-bond acceptors (Lipinski definition) is 5. The molecule has 5 nitrogen and oxygen atoms in total. The highest BCUT2D eigenvalue weighted by atomic mass is 16.5. The van der Waals surface area contributed by atoms with Crippen molar-refractivity contribution in [3.05, 3.63) is 29.6 Å². The number of nitrogens with one attached hydrogen (secondary N) is 1. The molecular formula is C12H15N3O2. The Balaban J connectivity index is 2.32. The molecule has 0 aliphatic heterocycles. The van der Waals surface area contributed by atoms with Crippen LogP contribution in [0.25, 0.3) is 11.5 Å². The SMILES string of the molecule is CNCc1noc(-c2ccc(C)c(OC)c2)n1. The van der Waals surface area contributed by atoms with E-state index in [4.69, 9.17) is 9.26 Å². The van der Waals surface area contributed by atoms with E-state index in [0.29, 0.717) is 18.3 Å². The molecule has 0 saturated carbocycles. The van der Waals surface area contributed by atoms with Crippen molar-refractivity contribution >= 4 is 0 Å². The lowest BCUT2D eigenvalue weighted by Crippen LogP contribution is -2.06. The fourth-order valence-electron chi connectivity index (χ4n) is 1.55. The van der Waals surface area contributed by atoms with Crippen LogP contribution in [0.15, 0.2) is 22.7 Å². The summed E-state index contributed by atoms with van der Waals surface area (Å²) in [6.45, 7) is 2.58. The minimum atomic E-state index is 0.508. The van der Waals surface area contributed by atoms with E-state index in [1.165, 1.54) is 0 Å². The molecule has 0 radical (unpaired) electrons. The van der Waals surface area contributed by atoms with Crippen molar-refractivity contribution in [1.82, 2.24) is 15.5 Å². The van der Waals surface area contributed by atoms with Crippen LogP contribution in [0.5, 0.6) is 5.75 Å². The first-order valence-electron chi connectivity index (χ1n) is 5.37. The normalized spacial score (nSPS) is 10.5. The van der Waals surface area contributed by atoms with Crippen molar-refractivity contribution in [3.8, 4) is 17.2 Å². The second kappa shape index (κ2) is 4.97. The number of rotatable bonds is 4. The Morgan fingerprint density at radius 2 is 2.24 bits per heavy atom. The maximum atomic E-state index is 5.26. The number of aromatic nitrogens is 2. The third kappa shape index (κ3) is 2.45. The minimum Gasteiger partial charge on any atom is -0.496 e. The molecular weight excluding hydrogens is 218 g/mol. The van der Waals surface area contributed by atoms with Gasteiger partial charge in [0.25, 0.3) is 5.89 Å². The summed E-state index contributed by atoms with van der Waals surface area (Å²) in [5.74, 6) is 1.96. The molecule has 0 saturated heterocycles. The second-order valence-electron chi connectivity index (χ2n) is 3.73. The van der Waals surface area contributed by atoms with E-state index in [1.54, 1.807) is 7.11 Å². The van der Waals surface area contributed by atoms with Crippen molar-refractivity contribution in [2.75, 3.05) is 14.2 Å². The molecule has 1 N–H and O–H groups in total. The summed E-state index contributed by atoms with van der Waals surface area (Å²) < 4.78 is 10.4. The first kappa shape index (κ1) is 11.6. The molecule has 2 rings (SSSR count). The predicted octanol–water partition coefficient (Wildman–Crippen LogP) is 1.77. The van der Waals surface area contributed by atoms with Crippen molar-refractivity contribution in [2.45, 2.75) is 13.5 Å². The summed E-state index contributed by atoms with van der Waals surface area (Å²) in [5, 5.41) is 6.84. The van der Waals surface area contributed by atoms with Gasteiger partial charge in [-0.05, 0) is 31.7 Å². The van der Waals surface area contributed by atoms with Gasteiger partial charge in [0.1, 0.15) is 5.75 Å². The van der Waals surface area contributed by atoms with Crippen LogP contribution in [0.3, 0.4) is 0 Å². The molecule has 0 unspecified atom stereocenters. The van der Waals surface area contributed by atoms with Gasteiger partial charge in [-0.1, -0.05) is 11.2 Å². The van der Waals surface area contributed by atoms with Crippen LogP contribution in [-0.4, -0.2) is 24.3 Å². The van der Waals surface area contributed by atoms with Gasteiger partial charge in [0, 0.05) is 5.56 Å². The lowest BCUT2D eigenvalue weighted by molar-refractivity contribution is 0.409. The molecule has 0 spiro atoms. The largest absolute Gasteiger partial charge is 0.496 e. The first-order valence-corrected chi connectivity index (χ1v) is 5.37. The number of ether oxygens (including phenoxy) is 1. The van der Waals surface area contributed by atoms with Crippen LogP contribution in [-0.2, 0) is 6.54 Å². The molecule has 1 heterocycles. The Labute approximate surface area is 99.8 Å². The average molecular weight is 233 g/mol. The van der Waals surface area contributed by atoms with Gasteiger partial charge in [0.2, 0.25) is 0 Å². The third-order valence-corrected chi connectivity index (χ3v) is 2.46. The summed E-state index contributed by atoms with van der Waals surface area (Å²) in [5.41, 5.74) is 1.94. The number of benzene rings is 1. The fraction of sp³-hybridized carbons (Fsp3) is 0.333. The minimum absolute atomic E-state index is 0.508. The van der Waals surface area contributed by atoms with E-state index in [2.05, 4.69) is 15.5 Å². The summed E-state index contributed by atoms with van der Waals surface area (Å²) >= 11 is 0. The molecule has 0 aliphatic carbocycles. The van der Waals surface area contributed by atoms with Crippen molar-refractivity contribution < 1.29 is 9.26 Å². The van der Waals surface area contributed by atoms with Crippen LogP contribution in [0.2, 0.25) is 0 Å². The van der Waals surface area contributed by atoms with E-state index >= 15 is 0 Å². The smallest absolute Gasteiger partial charge is 0.258 e. The van der Waals surface area contributed by atoms with E-state index in [9.17, 15) is 0 Å². The first-order chi connectivity index (χ1) is 8.24. The van der Waals surface area contributed by atoms with Gasteiger partial charge in [-0.3, -0.25) is 0 Å². The Kier molecular flexibility index (Phi) is 3.39. The fourth-order valence-corrected chi connectivity index (χ4v) is 1.55. The van der Waals surface area contributed by atoms with Crippen LogP contribution < -0.4 is 10.1 Å². The zero-order chi connectivity index (χ0) is 12.3. The lowest BCUT2D eigenvalue weighted by Gasteiger charge is -2.04. The van der Waals surface area contributed by atoms with Gasteiger partial charge in [-0.15, -0.1) is 0 Å². The molecule has 0 fully saturated rings. The summed E-state index contributed by atoms with van der Waals surface area (Å²) in [7, 11) is 3.48. The van der Waals surface area contributed by atoms with Gasteiger partial charge >= 0.3 is 0 Å². The van der Waals surface area contributed by atoms with Crippen LogP contribution >= 0.6 is 0 Å². The molecule has 0 bridgehead atoms. The van der Waals surface area contributed by atoms with Crippen LogP contribution in [0.4, 0.5) is 0 Å². The van der Waals surface area contributed by atoms with E-state index in [0.717, 1.165) is 16.9 Å². The standard InChI is InChI=1S/C12H15N3O2/c1-8-4-5-9(6-10(8)16-3)12-14-11(7-13-2)15-17-12/h4-6,13H,7H2,1-3H3. The van der Waals surface area contributed by atoms with Gasteiger partial charge in [-0.25, -0.2) is 0 Å². The molecule has 2 aromatic rings. The molecule has 0 atom stereocenters. The molecule has 0 aliphatic rings. The molecule has 1 aromatic heterocycles. The average Bonchev–Trinajstić information content (AvgIpc) is 2.79. The Morgan fingerprint density at radius 1 is 1.41 bits per heavy atom. The monoisotopic (exact) mass is 233 g/mol. The Morgan fingerprint density at radius 3 is 2.94 bits per heavy atom. The number of aryl methyl sites for hydroxylation is 1. The van der Waals surface area contributed by atoms with Gasteiger partial charge in [0.15, 0.2) is 5.82 Å². The predicted molar refractivity (Wildman–Crippen MR) is 63.8 cm³/mol. The molecule has 0 amide bonds. The summed E-state index contributed by atoms with van der Waals surface area (Å²) in [4.78, 5) is 4.28. The zero-order valence-corrected chi connectivity index (χ0v) is 10.2. The quantitative estimate of drug-likeness (QED) is 0.872. The van der Waals surface area contributed by atoms with E-state index in [-0.39, 0.29) is 0 Å². The second-order valence-corrected chi connectivity index (χ2v) is 3.73. The molecule has 17 heavy (non-hydrogen) atoms. The number of hydrogen-bond donors (Lipinski definition) is 1. The third-order valence-electron chi connectivity index (χ3n) is 2.46. The van der Waals surface area contributed by atoms with Crippen molar-refractivity contribution in [3.63, 3.8) is 0 Å². The van der Waals surface area contributed by atoms with Crippen molar-refractivity contribution in [1.29, 1.82) is 0 Å². The Hall–Kier alpha value is -1.88. The highest BCUT2D eigenvalue weighted by Crippen LogP contribution is 2.25. The molecule has 5 heteroatoms. The molecule has 1 aromatic carbocycles. The van der Waals surface area contributed by atoms with Gasteiger partial charge in [-0.2, -0.15) is 4.98 Å². The summed E-state index contributed by atoms with van der Waals surface area (Å²) in [6, 6.07) is 5.80. The highest BCUT2D eigenvalue weighted by Gasteiger charge is 2.10. The maximum absolute atomic E-state index is 5.26. The topological polar surface area (TPSA) is 60.2 Å². The van der Waals surface area contributed by atoms with Crippen molar-refractivity contribution in [2.24, 2.45) is 0 Å². The van der Waals surface area contributed by atoms with E-state index in [1.807, 2.05) is 32.2 Å². The van der Waals surface area contributed by atoms with Crippen LogP contribution in [0.1, 0.15) is 11.4 Å². The van der Waals surface area contributed by atoms with Gasteiger partial charge in [0.05, 0.1) is 13.7 Å². The number of nitrogens with zero attached hydrogens (tertiary/aromatic N) is 2. The van der Waals surface area contributed by atoms with Crippen LogP contribution in [0, 0.1) is 6.92 Å². The molecule has 90 valence electrons. The highest BCUT2D eigenvalue weighted by molar-refractivity contribution is 5.57. The summed E-state index contributed by atoms with van der Waals surface area (Å²) in [6.07, 6.45) is 0. The van der Waals surface area contributed by atoms with Gasteiger partial charge < -0.3 is 14.6 Å².